The monoisotopic (exact) mass is 475 g/mol. The Morgan fingerprint density at radius 3 is 2.80 bits per heavy atom. The van der Waals surface area contributed by atoms with E-state index in [0.717, 1.165) is 55.2 Å². The fourth-order valence-electron chi connectivity index (χ4n) is 4.68. The average molecular weight is 476 g/mol. The first-order chi connectivity index (χ1) is 17.0. The van der Waals surface area contributed by atoms with Crippen LogP contribution in [0.25, 0.3) is 0 Å². The minimum Gasteiger partial charge on any atom is -0.491 e. The highest BCUT2D eigenvalue weighted by Gasteiger charge is 2.25. The molecule has 1 amide bonds. The normalized spacial score (nSPS) is 17.1. The quantitative estimate of drug-likeness (QED) is 0.580. The highest BCUT2D eigenvalue weighted by atomic mass is 16.5. The van der Waals surface area contributed by atoms with Gasteiger partial charge < -0.3 is 14.4 Å². The van der Waals surface area contributed by atoms with Gasteiger partial charge in [0.25, 0.3) is 5.91 Å². The molecule has 2 aliphatic rings. The van der Waals surface area contributed by atoms with Gasteiger partial charge in [-0.05, 0) is 54.7 Å². The molecule has 4 heterocycles. The molecule has 35 heavy (non-hydrogen) atoms. The summed E-state index contributed by atoms with van der Waals surface area (Å²) in [5, 5.41) is 7.23. The molecule has 0 unspecified atom stereocenters. The number of hydrogen-bond donors (Lipinski definition) is 1. The van der Waals surface area contributed by atoms with Crippen molar-refractivity contribution < 1.29 is 14.3 Å². The van der Waals surface area contributed by atoms with Crippen LogP contribution in [0.15, 0.2) is 48.8 Å². The fourth-order valence-corrected chi connectivity index (χ4v) is 4.68. The van der Waals surface area contributed by atoms with Crippen LogP contribution in [0, 0.1) is 0 Å². The summed E-state index contributed by atoms with van der Waals surface area (Å²) in [4.78, 5) is 21.5. The number of aromatic nitrogens is 3. The Labute approximate surface area is 206 Å². The standard InChI is InChI=1S/C27H33N5O3/c1-19(2)24-15-25(30-29-24)27(33)32-12-13-34-26-6-5-20(14-21(26)18-32)17-31-10-7-22(8-11-31)35-23-4-3-9-28-16-23/h3-6,9,14-16,19,22H,7-8,10-13,17-18H2,1-2H3,(H,29,30). The van der Waals surface area contributed by atoms with Crippen molar-refractivity contribution in [2.75, 3.05) is 26.2 Å². The Balaban J connectivity index is 1.20. The van der Waals surface area contributed by atoms with Crippen LogP contribution in [0.1, 0.15) is 59.9 Å². The Morgan fingerprint density at radius 2 is 2.06 bits per heavy atom. The summed E-state index contributed by atoms with van der Waals surface area (Å²) in [5.74, 6) is 1.93. The first-order valence-electron chi connectivity index (χ1n) is 12.4. The number of ether oxygens (including phenoxy) is 2. The molecule has 184 valence electrons. The molecule has 1 fully saturated rings. The second-order valence-electron chi connectivity index (χ2n) is 9.66. The molecule has 0 saturated carbocycles. The van der Waals surface area contributed by atoms with Crippen molar-refractivity contribution in [1.82, 2.24) is 25.0 Å². The summed E-state index contributed by atoms with van der Waals surface area (Å²) in [5.41, 5.74) is 3.71. The van der Waals surface area contributed by atoms with Crippen molar-refractivity contribution in [2.24, 2.45) is 0 Å². The molecule has 1 aromatic carbocycles. The van der Waals surface area contributed by atoms with Crippen LogP contribution in [0.2, 0.25) is 0 Å². The van der Waals surface area contributed by atoms with E-state index in [9.17, 15) is 4.79 Å². The van der Waals surface area contributed by atoms with Gasteiger partial charge >= 0.3 is 0 Å². The number of fused-ring (bicyclic) bond motifs is 1. The lowest BCUT2D eigenvalue weighted by Crippen LogP contribution is -2.37. The van der Waals surface area contributed by atoms with E-state index in [-0.39, 0.29) is 12.0 Å². The van der Waals surface area contributed by atoms with Crippen LogP contribution in [0.3, 0.4) is 0 Å². The van der Waals surface area contributed by atoms with E-state index in [4.69, 9.17) is 9.47 Å². The Hall–Kier alpha value is -3.39. The molecule has 1 N–H and O–H groups in total. The number of H-pyrrole nitrogens is 1. The number of nitrogens with zero attached hydrogens (tertiary/aromatic N) is 4. The van der Waals surface area contributed by atoms with Crippen LogP contribution in [0.5, 0.6) is 11.5 Å². The SMILES string of the molecule is CC(C)c1cc(C(=O)N2CCOc3ccc(CN4CCC(Oc5cccnc5)CC4)cc3C2)n[nH]1. The van der Waals surface area contributed by atoms with Crippen LogP contribution < -0.4 is 9.47 Å². The van der Waals surface area contributed by atoms with Crippen LogP contribution >= 0.6 is 0 Å². The van der Waals surface area contributed by atoms with Crippen molar-refractivity contribution in [3.63, 3.8) is 0 Å². The van der Waals surface area contributed by atoms with E-state index in [0.29, 0.717) is 31.3 Å². The maximum atomic E-state index is 13.1. The molecule has 8 heteroatoms. The van der Waals surface area contributed by atoms with Crippen molar-refractivity contribution >= 4 is 5.91 Å². The Bertz CT molecular complexity index is 1140. The smallest absolute Gasteiger partial charge is 0.274 e. The zero-order valence-corrected chi connectivity index (χ0v) is 20.4. The molecule has 2 aliphatic heterocycles. The molecular formula is C27H33N5O3. The van der Waals surface area contributed by atoms with Crippen molar-refractivity contribution in [2.45, 2.75) is 51.8 Å². The molecule has 0 radical (unpaired) electrons. The summed E-state index contributed by atoms with van der Waals surface area (Å²) < 4.78 is 12.0. The molecule has 0 spiro atoms. The highest BCUT2D eigenvalue weighted by molar-refractivity contribution is 5.92. The Morgan fingerprint density at radius 1 is 1.20 bits per heavy atom. The molecule has 0 bridgehead atoms. The minimum absolute atomic E-state index is 0.0642. The van der Waals surface area contributed by atoms with Gasteiger partial charge in [0.2, 0.25) is 0 Å². The van der Waals surface area contributed by atoms with Crippen molar-refractivity contribution in [3.05, 3.63) is 71.3 Å². The lowest BCUT2D eigenvalue weighted by atomic mass is 10.0. The van der Waals surface area contributed by atoms with Gasteiger partial charge in [0.1, 0.15) is 29.9 Å². The molecule has 8 nitrogen and oxygen atoms in total. The summed E-state index contributed by atoms with van der Waals surface area (Å²) in [6.07, 6.45) is 5.75. The van der Waals surface area contributed by atoms with Crippen molar-refractivity contribution in [1.29, 1.82) is 0 Å². The maximum absolute atomic E-state index is 13.1. The van der Waals surface area contributed by atoms with Gasteiger partial charge in [0.05, 0.1) is 12.7 Å². The molecule has 0 aliphatic carbocycles. The van der Waals surface area contributed by atoms with Gasteiger partial charge in [-0.25, -0.2) is 0 Å². The lowest BCUT2D eigenvalue weighted by Gasteiger charge is -2.32. The number of aromatic amines is 1. The third-order valence-electron chi connectivity index (χ3n) is 6.71. The topological polar surface area (TPSA) is 83.6 Å². The summed E-state index contributed by atoms with van der Waals surface area (Å²) in [6.45, 7) is 8.54. The molecule has 2 aromatic heterocycles. The zero-order chi connectivity index (χ0) is 24.2. The third kappa shape index (κ3) is 5.65. The van der Waals surface area contributed by atoms with E-state index in [2.05, 4.69) is 46.1 Å². The minimum atomic E-state index is -0.0642. The second-order valence-corrected chi connectivity index (χ2v) is 9.66. The second kappa shape index (κ2) is 10.5. The molecule has 3 aromatic rings. The van der Waals surface area contributed by atoms with Crippen LogP contribution in [0.4, 0.5) is 0 Å². The zero-order valence-electron chi connectivity index (χ0n) is 20.4. The number of pyridine rings is 1. The van der Waals surface area contributed by atoms with Gasteiger partial charge in [-0.1, -0.05) is 19.9 Å². The molecular weight excluding hydrogens is 442 g/mol. The number of likely N-dealkylation sites (tertiary alicyclic amines) is 1. The number of amides is 1. The first-order valence-corrected chi connectivity index (χ1v) is 12.4. The molecule has 1 saturated heterocycles. The van der Waals surface area contributed by atoms with Crippen LogP contribution in [-0.4, -0.2) is 63.2 Å². The van der Waals surface area contributed by atoms with Crippen molar-refractivity contribution in [3.8, 4) is 11.5 Å². The van der Waals surface area contributed by atoms with E-state index in [1.165, 1.54) is 5.56 Å². The summed E-state index contributed by atoms with van der Waals surface area (Å²) in [6, 6.07) is 12.1. The highest BCUT2D eigenvalue weighted by Crippen LogP contribution is 2.27. The summed E-state index contributed by atoms with van der Waals surface area (Å²) in [7, 11) is 0. The van der Waals surface area contributed by atoms with Gasteiger partial charge in [-0.3, -0.25) is 19.8 Å². The fraction of sp³-hybridized carbons (Fsp3) is 0.444. The number of hydrogen-bond acceptors (Lipinski definition) is 6. The maximum Gasteiger partial charge on any atom is 0.274 e. The predicted octanol–water partition coefficient (Wildman–Crippen LogP) is 4.01. The predicted molar refractivity (Wildman–Crippen MR) is 133 cm³/mol. The van der Waals surface area contributed by atoms with E-state index < -0.39 is 0 Å². The lowest BCUT2D eigenvalue weighted by molar-refractivity contribution is 0.0727. The van der Waals surface area contributed by atoms with Gasteiger partial charge in [-0.2, -0.15) is 5.10 Å². The number of nitrogens with one attached hydrogen (secondary N) is 1. The van der Waals surface area contributed by atoms with Gasteiger partial charge in [-0.15, -0.1) is 0 Å². The van der Waals surface area contributed by atoms with Gasteiger partial charge in [0.15, 0.2) is 0 Å². The molecule has 0 atom stereocenters. The van der Waals surface area contributed by atoms with E-state index >= 15 is 0 Å². The summed E-state index contributed by atoms with van der Waals surface area (Å²) >= 11 is 0. The number of benzene rings is 1. The average Bonchev–Trinajstić information content (AvgIpc) is 3.27. The van der Waals surface area contributed by atoms with E-state index in [1.54, 1.807) is 12.4 Å². The first kappa shape index (κ1) is 23.4. The number of rotatable bonds is 6. The number of piperidine rings is 1. The number of carbonyl (C=O) groups is 1. The van der Waals surface area contributed by atoms with Gasteiger partial charge in [0, 0.05) is 43.6 Å². The molecule has 5 rings (SSSR count). The third-order valence-corrected chi connectivity index (χ3v) is 6.71. The Kier molecular flexibility index (Phi) is 6.99. The van der Waals surface area contributed by atoms with Crippen LogP contribution in [-0.2, 0) is 13.1 Å². The van der Waals surface area contributed by atoms with E-state index in [1.807, 2.05) is 29.2 Å². The largest absolute Gasteiger partial charge is 0.491 e. The number of carbonyl (C=O) groups excluding carboxylic acids is 1.